The van der Waals surface area contributed by atoms with Gasteiger partial charge in [0.25, 0.3) is 0 Å². The zero-order chi connectivity index (χ0) is 11.1. The van der Waals surface area contributed by atoms with Gasteiger partial charge in [0.05, 0.1) is 0 Å². The number of nitrogens with two attached hydrogens (primary N) is 1. The van der Waals surface area contributed by atoms with E-state index in [9.17, 15) is 4.79 Å². The van der Waals surface area contributed by atoms with Crippen molar-refractivity contribution in [3.8, 4) is 0 Å². The van der Waals surface area contributed by atoms with E-state index in [4.69, 9.17) is 10.5 Å². The van der Waals surface area contributed by atoms with Gasteiger partial charge >= 0.3 is 0 Å². The minimum Gasteiger partial charge on any atom is -0.372 e. The Bertz CT molecular complexity index is 191. The molecule has 0 aromatic carbocycles. The molecule has 2 N–H and O–H groups in total. The summed E-state index contributed by atoms with van der Waals surface area (Å²) in [4.78, 5) is 15.7. The molecule has 1 fully saturated rings. The smallest absolute Gasteiger partial charge is 0.248 e. The van der Waals surface area contributed by atoms with Gasteiger partial charge in [-0.3, -0.25) is 4.79 Å². The first kappa shape index (κ1) is 12.4. The Morgan fingerprint density at radius 3 is 2.60 bits per heavy atom. The number of hydrogen-bond donors (Lipinski definition) is 1. The van der Waals surface area contributed by atoms with E-state index >= 15 is 0 Å². The summed E-state index contributed by atoms with van der Waals surface area (Å²) in [6, 6.07) is 0. The van der Waals surface area contributed by atoms with Gasteiger partial charge in [0.15, 0.2) is 0 Å². The van der Waals surface area contributed by atoms with Gasteiger partial charge in [0, 0.05) is 32.8 Å². The lowest BCUT2D eigenvalue weighted by atomic mass is 10.3. The molecule has 88 valence electrons. The van der Waals surface area contributed by atoms with Crippen LogP contribution in [0.15, 0.2) is 0 Å². The molecule has 15 heavy (non-hydrogen) atoms. The maximum atomic E-state index is 11.6. The molecule has 1 aliphatic rings. The number of carbonyl (C=O) groups is 1. The summed E-state index contributed by atoms with van der Waals surface area (Å²) >= 11 is 0. The Kier molecular flexibility index (Phi) is 5.60. The standard InChI is InChI=1S/C10H21N3O2/c1-12-4-6-13(7-5-12)10(14)9-15-8-2-3-11/h2-9,11H2,1H3. The van der Waals surface area contributed by atoms with Gasteiger partial charge in [-0.05, 0) is 20.0 Å². The number of amides is 1. The van der Waals surface area contributed by atoms with Crippen molar-refractivity contribution in [2.24, 2.45) is 5.73 Å². The van der Waals surface area contributed by atoms with E-state index in [2.05, 4.69) is 11.9 Å². The topological polar surface area (TPSA) is 58.8 Å². The van der Waals surface area contributed by atoms with Gasteiger partial charge in [0.1, 0.15) is 6.61 Å². The summed E-state index contributed by atoms with van der Waals surface area (Å²) in [5.74, 6) is 0.0973. The average Bonchev–Trinajstić information content (AvgIpc) is 2.25. The van der Waals surface area contributed by atoms with Gasteiger partial charge in [-0.25, -0.2) is 0 Å². The number of hydrogen-bond acceptors (Lipinski definition) is 4. The average molecular weight is 215 g/mol. The molecule has 1 heterocycles. The molecule has 0 unspecified atom stereocenters. The van der Waals surface area contributed by atoms with Crippen molar-refractivity contribution in [1.82, 2.24) is 9.80 Å². The molecule has 0 saturated carbocycles. The van der Waals surface area contributed by atoms with Crippen molar-refractivity contribution in [3.05, 3.63) is 0 Å². The highest BCUT2D eigenvalue weighted by molar-refractivity contribution is 5.77. The van der Waals surface area contributed by atoms with Crippen molar-refractivity contribution in [1.29, 1.82) is 0 Å². The largest absolute Gasteiger partial charge is 0.372 e. The maximum Gasteiger partial charge on any atom is 0.248 e. The fourth-order valence-corrected chi connectivity index (χ4v) is 1.49. The van der Waals surface area contributed by atoms with Crippen molar-refractivity contribution in [2.75, 3.05) is 53.0 Å². The normalized spacial score (nSPS) is 18.1. The van der Waals surface area contributed by atoms with Crippen molar-refractivity contribution in [3.63, 3.8) is 0 Å². The van der Waals surface area contributed by atoms with Crippen LogP contribution in [0.1, 0.15) is 6.42 Å². The van der Waals surface area contributed by atoms with Crippen LogP contribution in [0.5, 0.6) is 0 Å². The minimum atomic E-state index is 0.0973. The Hall–Kier alpha value is -0.650. The second-order valence-electron chi connectivity index (χ2n) is 3.88. The second kappa shape index (κ2) is 6.76. The Morgan fingerprint density at radius 1 is 1.33 bits per heavy atom. The number of likely N-dealkylation sites (N-methyl/N-ethyl adjacent to an activating group) is 1. The molecule has 0 bridgehead atoms. The first-order valence-electron chi connectivity index (χ1n) is 5.48. The molecule has 1 saturated heterocycles. The predicted octanol–water partition coefficient (Wildman–Crippen LogP) is -0.874. The summed E-state index contributed by atoms with van der Waals surface area (Å²) in [6.07, 6.45) is 0.815. The third-order valence-corrected chi connectivity index (χ3v) is 2.57. The van der Waals surface area contributed by atoms with Gasteiger partial charge < -0.3 is 20.3 Å². The van der Waals surface area contributed by atoms with Crippen molar-refractivity contribution < 1.29 is 9.53 Å². The highest BCUT2D eigenvalue weighted by Gasteiger charge is 2.18. The molecule has 0 atom stereocenters. The molecule has 0 aliphatic carbocycles. The van der Waals surface area contributed by atoms with Gasteiger partial charge in [-0.2, -0.15) is 0 Å². The molecule has 5 nitrogen and oxygen atoms in total. The second-order valence-corrected chi connectivity index (χ2v) is 3.88. The quantitative estimate of drug-likeness (QED) is 0.605. The van der Waals surface area contributed by atoms with E-state index in [-0.39, 0.29) is 12.5 Å². The van der Waals surface area contributed by atoms with E-state index in [0.717, 1.165) is 32.6 Å². The number of carbonyl (C=O) groups excluding carboxylic acids is 1. The SMILES string of the molecule is CN1CCN(C(=O)COCCCN)CC1. The van der Waals surface area contributed by atoms with Crippen LogP contribution in [-0.4, -0.2) is 68.7 Å². The monoisotopic (exact) mass is 215 g/mol. The summed E-state index contributed by atoms with van der Waals surface area (Å²) in [7, 11) is 2.07. The van der Waals surface area contributed by atoms with Gasteiger partial charge in [-0.1, -0.05) is 0 Å². The molecule has 0 aromatic rings. The molecule has 0 aromatic heterocycles. The first-order valence-corrected chi connectivity index (χ1v) is 5.48. The lowest BCUT2D eigenvalue weighted by Gasteiger charge is -2.32. The van der Waals surface area contributed by atoms with Crippen molar-refractivity contribution >= 4 is 5.91 Å². The van der Waals surface area contributed by atoms with Crippen LogP contribution >= 0.6 is 0 Å². The Morgan fingerprint density at radius 2 is 2.00 bits per heavy atom. The minimum absolute atomic E-state index is 0.0973. The first-order chi connectivity index (χ1) is 7.24. The summed E-state index contributed by atoms with van der Waals surface area (Å²) < 4.78 is 5.23. The fraction of sp³-hybridized carbons (Fsp3) is 0.900. The number of nitrogens with zero attached hydrogens (tertiary/aromatic N) is 2. The Labute approximate surface area is 91.2 Å². The van der Waals surface area contributed by atoms with E-state index in [0.29, 0.717) is 13.2 Å². The highest BCUT2D eigenvalue weighted by Crippen LogP contribution is 1.99. The van der Waals surface area contributed by atoms with Crippen LogP contribution in [0.25, 0.3) is 0 Å². The lowest BCUT2D eigenvalue weighted by Crippen LogP contribution is -2.48. The molecule has 5 heteroatoms. The van der Waals surface area contributed by atoms with Crippen LogP contribution in [0.4, 0.5) is 0 Å². The van der Waals surface area contributed by atoms with Crippen LogP contribution < -0.4 is 5.73 Å². The van der Waals surface area contributed by atoms with E-state index in [1.807, 2.05) is 4.90 Å². The zero-order valence-corrected chi connectivity index (χ0v) is 9.45. The van der Waals surface area contributed by atoms with Crippen LogP contribution in [-0.2, 0) is 9.53 Å². The van der Waals surface area contributed by atoms with Gasteiger partial charge in [-0.15, -0.1) is 0 Å². The molecule has 1 amide bonds. The lowest BCUT2D eigenvalue weighted by molar-refractivity contribution is -0.137. The molecule has 0 radical (unpaired) electrons. The summed E-state index contributed by atoms with van der Waals surface area (Å²) in [6.45, 7) is 4.93. The van der Waals surface area contributed by atoms with E-state index < -0.39 is 0 Å². The number of piperazine rings is 1. The van der Waals surface area contributed by atoms with Gasteiger partial charge in [0.2, 0.25) is 5.91 Å². The summed E-state index contributed by atoms with van der Waals surface area (Å²) in [5.41, 5.74) is 5.32. The molecule has 1 aliphatic heterocycles. The van der Waals surface area contributed by atoms with Crippen LogP contribution in [0.3, 0.4) is 0 Å². The van der Waals surface area contributed by atoms with Crippen LogP contribution in [0, 0.1) is 0 Å². The van der Waals surface area contributed by atoms with Crippen LogP contribution in [0.2, 0.25) is 0 Å². The molecule has 1 rings (SSSR count). The predicted molar refractivity (Wildman–Crippen MR) is 58.6 cm³/mol. The number of rotatable bonds is 5. The van der Waals surface area contributed by atoms with Crippen molar-refractivity contribution in [2.45, 2.75) is 6.42 Å². The third-order valence-electron chi connectivity index (χ3n) is 2.57. The highest BCUT2D eigenvalue weighted by atomic mass is 16.5. The molecular formula is C10H21N3O2. The van der Waals surface area contributed by atoms with E-state index in [1.54, 1.807) is 0 Å². The molecular weight excluding hydrogens is 194 g/mol. The summed E-state index contributed by atoms with van der Waals surface area (Å²) in [5, 5.41) is 0. The zero-order valence-electron chi connectivity index (χ0n) is 9.45. The number of ether oxygens (including phenoxy) is 1. The Balaban J connectivity index is 2.11. The fourth-order valence-electron chi connectivity index (χ4n) is 1.49. The molecule has 0 spiro atoms. The maximum absolute atomic E-state index is 11.6. The third kappa shape index (κ3) is 4.59. The van der Waals surface area contributed by atoms with E-state index in [1.165, 1.54) is 0 Å².